The van der Waals surface area contributed by atoms with Gasteiger partial charge in [0, 0.05) is 37.3 Å². The predicted octanol–water partition coefficient (Wildman–Crippen LogP) is 4.34. The number of hydrogen-bond acceptors (Lipinski definition) is 7. The van der Waals surface area contributed by atoms with Crippen molar-refractivity contribution >= 4 is 28.9 Å². The fourth-order valence-electron chi connectivity index (χ4n) is 6.14. The number of rotatable bonds is 5. The number of anilines is 1. The molecular formula is C30H33ClFN5O3. The van der Waals surface area contributed by atoms with E-state index in [-0.39, 0.29) is 45.9 Å². The van der Waals surface area contributed by atoms with Gasteiger partial charge in [-0.05, 0) is 52.2 Å². The Kier molecular flexibility index (Phi) is 7.42. The standard InChI is InChI=1S/C30H33ClFN5O3/c1-6-25(39)35-12-18(3)36(13-17(35)2)28-19(11-33)14-37-20(15-34(4)5)16-40-30-26(22(31)10-21(28)29(30)37)27-23(32)8-7-9-24(27)38/h6-10,17-18,20,38H,1,12-16H2,2-5H3/t17-,18+,20+/m1/s1. The van der Waals surface area contributed by atoms with Crippen LogP contribution in [0.3, 0.4) is 0 Å². The molecule has 1 N–H and O–H groups in total. The number of carbonyl (C=O) groups excluding carboxylic acids is 1. The van der Waals surface area contributed by atoms with Crippen LogP contribution >= 0.6 is 11.6 Å². The van der Waals surface area contributed by atoms with Crippen LogP contribution in [0.4, 0.5) is 10.1 Å². The second kappa shape index (κ2) is 10.7. The number of hydrogen-bond donors (Lipinski definition) is 1. The lowest BCUT2D eigenvalue weighted by Gasteiger charge is -2.50. The lowest BCUT2D eigenvalue weighted by atomic mass is 9.89. The van der Waals surface area contributed by atoms with E-state index in [0.717, 1.165) is 11.4 Å². The SMILES string of the molecule is C=CC(=O)N1C[C@H](C)N(C2=C(C#N)CN3c4c2cc(Cl)c(-c2c(O)cccc2F)c4OC[C@@H]3CN(C)C)C[C@H]1C. The summed E-state index contributed by atoms with van der Waals surface area (Å²) in [6.07, 6.45) is 1.33. The molecule has 3 heterocycles. The lowest BCUT2D eigenvalue weighted by molar-refractivity contribution is -0.130. The van der Waals surface area contributed by atoms with Crippen LogP contribution in [0.1, 0.15) is 19.4 Å². The van der Waals surface area contributed by atoms with Gasteiger partial charge in [0.1, 0.15) is 18.2 Å². The van der Waals surface area contributed by atoms with Gasteiger partial charge >= 0.3 is 0 Å². The van der Waals surface area contributed by atoms with Crippen LogP contribution < -0.4 is 9.64 Å². The summed E-state index contributed by atoms with van der Waals surface area (Å²) in [5.74, 6) is -0.594. The Balaban J connectivity index is 1.72. The quantitative estimate of drug-likeness (QED) is 0.540. The largest absolute Gasteiger partial charge is 0.507 e. The van der Waals surface area contributed by atoms with Gasteiger partial charge < -0.3 is 29.4 Å². The number of nitriles is 1. The normalized spacial score (nSPS) is 22.1. The first kappa shape index (κ1) is 27.8. The molecule has 0 unspecified atom stereocenters. The minimum absolute atomic E-state index is 0.0218. The summed E-state index contributed by atoms with van der Waals surface area (Å²) >= 11 is 6.89. The molecule has 10 heteroatoms. The summed E-state index contributed by atoms with van der Waals surface area (Å²) in [6.45, 7) is 9.92. The average molecular weight is 566 g/mol. The second-order valence-electron chi connectivity index (χ2n) is 10.9. The van der Waals surface area contributed by atoms with Crippen LogP contribution in [0.2, 0.25) is 5.02 Å². The Hall–Kier alpha value is -3.74. The fraction of sp³-hybridized carbons (Fsp3) is 0.400. The first-order chi connectivity index (χ1) is 19.1. The highest BCUT2D eigenvalue weighted by molar-refractivity contribution is 6.34. The van der Waals surface area contributed by atoms with Crippen LogP contribution in [0.15, 0.2) is 42.5 Å². The van der Waals surface area contributed by atoms with Crippen molar-refractivity contribution in [2.75, 3.05) is 51.8 Å². The molecular weight excluding hydrogens is 533 g/mol. The van der Waals surface area contributed by atoms with Crippen LogP contribution in [0.25, 0.3) is 16.8 Å². The van der Waals surface area contributed by atoms with Crippen molar-refractivity contribution in [3.63, 3.8) is 0 Å². The number of ether oxygens (including phenoxy) is 1. The minimum atomic E-state index is -0.613. The van der Waals surface area contributed by atoms with Gasteiger partial charge in [0.15, 0.2) is 5.75 Å². The summed E-state index contributed by atoms with van der Waals surface area (Å²) in [5, 5.41) is 21.3. The summed E-state index contributed by atoms with van der Waals surface area (Å²) in [5.41, 5.74) is 3.02. The number of phenolic OH excluding ortho intramolecular Hbond substituents is 1. The van der Waals surface area contributed by atoms with E-state index < -0.39 is 5.82 Å². The molecule has 0 saturated carbocycles. The summed E-state index contributed by atoms with van der Waals surface area (Å²) in [7, 11) is 3.95. The molecule has 0 aromatic heterocycles. The topological polar surface area (TPSA) is 83.3 Å². The fourth-order valence-corrected chi connectivity index (χ4v) is 6.42. The molecule has 1 saturated heterocycles. The van der Waals surface area contributed by atoms with Gasteiger partial charge in [-0.3, -0.25) is 4.79 Å². The molecule has 2 aromatic rings. The number of likely N-dealkylation sites (N-methyl/N-ethyl adjacent to an activating group) is 1. The van der Waals surface area contributed by atoms with Crippen LogP contribution in [-0.2, 0) is 4.79 Å². The highest BCUT2D eigenvalue weighted by Crippen LogP contribution is 2.54. The zero-order chi connectivity index (χ0) is 28.9. The smallest absolute Gasteiger partial charge is 0.246 e. The molecule has 0 aliphatic carbocycles. The van der Waals surface area contributed by atoms with E-state index in [1.807, 2.05) is 27.9 Å². The zero-order valence-electron chi connectivity index (χ0n) is 23.1. The van der Waals surface area contributed by atoms with Gasteiger partial charge in [0.05, 0.1) is 51.8 Å². The van der Waals surface area contributed by atoms with Crippen molar-refractivity contribution < 1.29 is 19.0 Å². The molecule has 40 heavy (non-hydrogen) atoms. The number of halogens is 2. The van der Waals surface area contributed by atoms with E-state index in [2.05, 4.69) is 27.3 Å². The Morgan fingerprint density at radius 3 is 2.67 bits per heavy atom. The molecule has 3 aliphatic rings. The second-order valence-corrected chi connectivity index (χ2v) is 11.3. The van der Waals surface area contributed by atoms with E-state index in [9.17, 15) is 15.2 Å². The number of nitrogens with zero attached hydrogens (tertiary/aromatic N) is 5. The Labute approximate surface area is 239 Å². The third kappa shape index (κ3) is 4.55. The van der Waals surface area contributed by atoms with Gasteiger partial charge in [0.25, 0.3) is 0 Å². The van der Waals surface area contributed by atoms with E-state index in [1.54, 1.807) is 11.0 Å². The molecule has 8 nitrogen and oxygen atoms in total. The van der Waals surface area contributed by atoms with Gasteiger partial charge in [-0.1, -0.05) is 24.2 Å². The van der Waals surface area contributed by atoms with Crippen LogP contribution in [0.5, 0.6) is 11.5 Å². The van der Waals surface area contributed by atoms with E-state index >= 15 is 4.39 Å². The zero-order valence-corrected chi connectivity index (χ0v) is 23.9. The molecule has 210 valence electrons. The summed E-state index contributed by atoms with van der Waals surface area (Å²) < 4.78 is 21.5. The Bertz CT molecular complexity index is 1430. The first-order valence-corrected chi connectivity index (χ1v) is 13.7. The van der Waals surface area contributed by atoms with Crippen molar-refractivity contribution in [2.24, 2.45) is 0 Å². The number of carbonyl (C=O) groups is 1. The maximum absolute atomic E-state index is 15.1. The van der Waals surface area contributed by atoms with E-state index in [0.29, 0.717) is 49.7 Å². The van der Waals surface area contributed by atoms with Crippen LogP contribution in [0, 0.1) is 17.1 Å². The molecule has 3 aliphatic heterocycles. The lowest BCUT2D eigenvalue weighted by Crippen LogP contribution is -2.58. The molecule has 5 rings (SSSR count). The van der Waals surface area contributed by atoms with Crippen molar-refractivity contribution in [3.05, 3.63) is 58.9 Å². The number of benzene rings is 2. The highest BCUT2D eigenvalue weighted by Gasteiger charge is 2.42. The van der Waals surface area contributed by atoms with Crippen molar-refractivity contribution in [2.45, 2.75) is 32.0 Å². The van der Waals surface area contributed by atoms with Crippen molar-refractivity contribution in [1.82, 2.24) is 14.7 Å². The van der Waals surface area contributed by atoms with Crippen molar-refractivity contribution in [3.8, 4) is 28.7 Å². The number of piperazine rings is 1. The van der Waals surface area contributed by atoms with Gasteiger partial charge in [-0.2, -0.15) is 5.26 Å². The monoisotopic (exact) mass is 565 g/mol. The van der Waals surface area contributed by atoms with Crippen molar-refractivity contribution in [1.29, 1.82) is 5.26 Å². The van der Waals surface area contributed by atoms with Gasteiger partial charge in [-0.15, -0.1) is 0 Å². The summed E-state index contributed by atoms with van der Waals surface area (Å²) in [6, 6.07) is 8.03. The van der Waals surface area contributed by atoms with Gasteiger partial charge in [0.2, 0.25) is 5.91 Å². The molecule has 3 atom stereocenters. The van der Waals surface area contributed by atoms with Gasteiger partial charge in [-0.25, -0.2) is 4.39 Å². The molecule has 0 radical (unpaired) electrons. The number of aromatic hydroxyl groups is 1. The molecule has 2 aromatic carbocycles. The third-order valence-electron chi connectivity index (χ3n) is 7.91. The average Bonchev–Trinajstić information content (AvgIpc) is 2.91. The Morgan fingerprint density at radius 2 is 2.02 bits per heavy atom. The number of amides is 1. The highest BCUT2D eigenvalue weighted by atomic mass is 35.5. The first-order valence-electron chi connectivity index (χ1n) is 13.3. The van der Waals surface area contributed by atoms with Crippen LogP contribution in [-0.4, -0.2) is 90.7 Å². The molecule has 1 fully saturated rings. The molecule has 1 amide bonds. The molecule has 0 spiro atoms. The maximum Gasteiger partial charge on any atom is 0.246 e. The Morgan fingerprint density at radius 1 is 1.27 bits per heavy atom. The minimum Gasteiger partial charge on any atom is -0.507 e. The van der Waals surface area contributed by atoms with E-state index in [4.69, 9.17) is 16.3 Å². The predicted molar refractivity (Wildman–Crippen MR) is 154 cm³/mol. The van der Waals surface area contributed by atoms with E-state index in [1.165, 1.54) is 24.3 Å². The third-order valence-corrected chi connectivity index (χ3v) is 8.21. The maximum atomic E-state index is 15.1. The number of phenols is 1. The molecule has 0 bridgehead atoms. The summed E-state index contributed by atoms with van der Waals surface area (Å²) in [4.78, 5) is 20.6.